The number of carbonyl (C=O) groups is 1. The van der Waals surface area contributed by atoms with Crippen molar-refractivity contribution in [2.75, 3.05) is 0 Å². The standard InChI is InChI=1S/C14H12N2O2S/c1-9-6-19-7-10(9)5-16-8-15-12-4-2-3-11(13(12)16)14(17)18/h2-4,6-8H,5H2,1H3,(H,17,18). The van der Waals surface area contributed by atoms with Crippen molar-refractivity contribution in [3.05, 3.63) is 52.0 Å². The molecule has 2 aromatic heterocycles. The molecule has 1 aromatic carbocycles. The second-order valence-corrected chi connectivity index (χ2v) is 5.17. The van der Waals surface area contributed by atoms with E-state index in [-0.39, 0.29) is 0 Å². The third-order valence-corrected chi connectivity index (χ3v) is 4.08. The average Bonchev–Trinajstić information content (AvgIpc) is 2.97. The molecule has 1 N–H and O–H groups in total. The summed E-state index contributed by atoms with van der Waals surface area (Å²) >= 11 is 1.65. The summed E-state index contributed by atoms with van der Waals surface area (Å²) in [4.78, 5) is 15.6. The van der Waals surface area contributed by atoms with Crippen LogP contribution in [0.25, 0.3) is 11.0 Å². The van der Waals surface area contributed by atoms with Crippen LogP contribution in [0.3, 0.4) is 0 Å². The first-order valence-corrected chi connectivity index (χ1v) is 6.80. The van der Waals surface area contributed by atoms with Crippen molar-refractivity contribution in [2.45, 2.75) is 13.5 Å². The van der Waals surface area contributed by atoms with Crippen LogP contribution in [0.15, 0.2) is 35.3 Å². The average molecular weight is 272 g/mol. The van der Waals surface area contributed by atoms with Crippen molar-refractivity contribution in [3.8, 4) is 0 Å². The van der Waals surface area contributed by atoms with Gasteiger partial charge >= 0.3 is 5.97 Å². The van der Waals surface area contributed by atoms with Gasteiger partial charge in [-0.1, -0.05) is 6.07 Å². The fourth-order valence-corrected chi connectivity index (χ4v) is 3.00. The predicted molar refractivity (Wildman–Crippen MR) is 74.9 cm³/mol. The molecular formula is C14H12N2O2S. The highest BCUT2D eigenvalue weighted by Crippen LogP contribution is 2.21. The van der Waals surface area contributed by atoms with Gasteiger partial charge in [-0.2, -0.15) is 11.3 Å². The minimum absolute atomic E-state index is 0.294. The number of aromatic carboxylic acids is 1. The number of aromatic nitrogens is 2. The Morgan fingerprint density at radius 2 is 2.26 bits per heavy atom. The number of para-hydroxylation sites is 1. The first kappa shape index (κ1) is 11.9. The monoisotopic (exact) mass is 272 g/mol. The molecule has 0 atom stereocenters. The van der Waals surface area contributed by atoms with Crippen molar-refractivity contribution < 1.29 is 9.90 Å². The number of thiophene rings is 1. The van der Waals surface area contributed by atoms with E-state index >= 15 is 0 Å². The van der Waals surface area contributed by atoms with E-state index in [2.05, 4.69) is 22.7 Å². The molecule has 0 spiro atoms. The van der Waals surface area contributed by atoms with Gasteiger partial charge in [-0.3, -0.25) is 0 Å². The summed E-state index contributed by atoms with van der Waals surface area (Å²) in [6.45, 7) is 2.71. The van der Waals surface area contributed by atoms with Gasteiger partial charge < -0.3 is 9.67 Å². The Morgan fingerprint density at radius 1 is 1.42 bits per heavy atom. The van der Waals surface area contributed by atoms with E-state index in [1.165, 1.54) is 11.1 Å². The van der Waals surface area contributed by atoms with Crippen LogP contribution in [0, 0.1) is 6.92 Å². The Morgan fingerprint density at radius 3 is 2.95 bits per heavy atom. The summed E-state index contributed by atoms with van der Waals surface area (Å²) in [5, 5.41) is 13.4. The molecule has 96 valence electrons. The molecule has 0 aliphatic heterocycles. The van der Waals surface area contributed by atoms with Crippen LogP contribution in [0.4, 0.5) is 0 Å². The summed E-state index contributed by atoms with van der Waals surface area (Å²) in [5.41, 5.74) is 4.11. The van der Waals surface area contributed by atoms with Gasteiger partial charge in [0.25, 0.3) is 0 Å². The van der Waals surface area contributed by atoms with Crippen LogP contribution in [-0.2, 0) is 6.54 Å². The summed E-state index contributed by atoms with van der Waals surface area (Å²) in [6.07, 6.45) is 1.70. The van der Waals surface area contributed by atoms with E-state index in [9.17, 15) is 9.90 Å². The van der Waals surface area contributed by atoms with Crippen molar-refractivity contribution >= 4 is 28.3 Å². The molecule has 5 heteroatoms. The predicted octanol–water partition coefficient (Wildman–Crippen LogP) is 3.15. The topological polar surface area (TPSA) is 55.1 Å². The van der Waals surface area contributed by atoms with Crippen molar-refractivity contribution in [3.63, 3.8) is 0 Å². The Hall–Kier alpha value is -2.14. The molecule has 19 heavy (non-hydrogen) atoms. The molecule has 0 saturated heterocycles. The van der Waals surface area contributed by atoms with Gasteiger partial charge in [-0.15, -0.1) is 0 Å². The van der Waals surface area contributed by atoms with Gasteiger partial charge in [0.15, 0.2) is 0 Å². The molecule has 0 fully saturated rings. The molecule has 4 nitrogen and oxygen atoms in total. The zero-order chi connectivity index (χ0) is 13.4. The lowest BCUT2D eigenvalue weighted by Crippen LogP contribution is -2.04. The van der Waals surface area contributed by atoms with Gasteiger partial charge in [-0.25, -0.2) is 9.78 Å². The van der Waals surface area contributed by atoms with Gasteiger partial charge in [-0.05, 0) is 40.9 Å². The Labute approximate surface area is 113 Å². The Kier molecular flexibility index (Phi) is 2.83. The smallest absolute Gasteiger partial charge is 0.337 e. The maximum atomic E-state index is 11.3. The zero-order valence-corrected chi connectivity index (χ0v) is 11.1. The zero-order valence-electron chi connectivity index (χ0n) is 10.3. The van der Waals surface area contributed by atoms with Gasteiger partial charge in [0.1, 0.15) is 0 Å². The first-order chi connectivity index (χ1) is 9.16. The third kappa shape index (κ3) is 2.02. The van der Waals surface area contributed by atoms with Gasteiger partial charge in [0.05, 0.1) is 29.5 Å². The van der Waals surface area contributed by atoms with E-state index in [4.69, 9.17) is 0 Å². The summed E-state index contributed by atoms with van der Waals surface area (Å²) in [7, 11) is 0. The SMILES string of the molecule is Cc1cscc1Cn1cnc2cccc(C(=O)O)c21. The van der Waals surface area contributed by atoms with Crippen molar-refractivity contribution in [1.82, 2.24) is 9.55 Å². The number of hydrogen-bond acceptors (Lipinski definition) is 3. The molecule has 0 aliphatic carbocycles. The van der Waals surface area contributed by atoms with E-state index in [1.54, 1.807) is 29.8 Å². The number of rotatable bonds is 3. The molecular weight excluding hydrogens is 260 g/mol. The quantitative estimate of drug-likeness (QED) is 0.796. The number of hydrogen-bond donors (Lipinski definition) is 1. The van der Waals surface area contributed by atoms with Gasteiger partial charge in [0, 0.05) is 0 Å². The van der Waals surface area contributed by atoms with Crippen LogP contribution in [-0.4, -0.2) is 20.6 Å². The minimum atomic E-state index is -0.922. The lowest BCUT2D eigenvalue weighted by molar-refractivity contribution is 0.0698. The third-order valence-electron chi connectivity index (χ3n) is 3.17. The molecule has 0 radical (unpaired) electrons. The number of nitrogens with zero attached hydrogens (tertiary/aromatic N) is 2. The number of carboxylic acids is 1. The van der Waals surface area contributed by atoms with E-state index in [0.29, 0.717) is 23.1 Å². The Balaban J connectivity index is 2.14. The van der Waals surface area contributed by atoms with Crippen LogP contribution in [0.5, 0.6) is 0 Å². The molecule has 0 aliphatic rings. The lowest BCUT2D eigenvalue weighted by atomic mass is 10.1. The number of imidazole rings is 1. The van der Waals surface area contributed by atoms with Crippen LogP contribution in [0.2, 0.25) is 0 Å². The number of fused-ring (bicyclic) bond motifs is 1. The second-order valence-electron chi connectivity index (χ2n) is 4.43. The molecule has 2 heterocycles. The molecule has 0 unspecified atom stereocenters. The Bertz CT molecular complexity index is 758. The molecule has 3 rings (SSSR count). The maximum Gasteiger partial charge on any atom is 0.337 e. The summed E-state index contributed by atoms with van der Waals surface area (Å²) in [5.74, 6) is -0.922. The number of carboxylic acid groups (broad SMARTS) is 1. The largest absolute Gasteiger partial charge is 0.478 e. The first-order valence-electron chi connectivity index (χ1n) is 5.85. The van der Waals surface area contributed by atoms with Crippen LogP contribution < -0.4 is 0 Å². The highest BCUT2D eigenvalue weighted by atomic mass is 32.1. The van der Waals surface area contributed by atoms with E-state index in [1.807, 2.05) is 10.6 Å². The molecule has 0 bridgehead atoms. The number of aryl methyl sites for hydroxylation is 1. The normalized spacial score (nSPS) is 11.0. The lowest BCUT2D eigenvalue weighted by Gasteiger charge is -2.06. The minimum Gasteiger partial charge on any atom is -0.478 e. The van der Waals surface area contributed by atoms with E-state index < -0.39 is 5.97 Å². The maximum absolute atomic E-state index is 11.3. The molecule has 0 amide bonds. The van der Waals surface area contributed by atoms with E-state index in [0.717, 1.165) is 0 Å². The highest BCUT2D eigenvalue weighted by molar-refractivity contribution is 7.08. The fraction of sp³-hybridized carbons (Fsp3) is 0.143. The second kappa shape index (κ2) is 4.51. The molecule has 0 saturated carbocycles. The summed E-state index contributed by atoms with van der Waals surface area (Å²) in [6, 6.07) is 5.17. The van der Waals surface area contributed by atoms with Gasteiger partial charge in [0.2, 0.25) is 0 Å². The number of benzene rings is 1. The highest BCUT2D eigenvalue weighted by Gasteiger charge is 2.13. The fourth-order valence-electron chi connectivity index (χ4n) is 2.15. The van der Waals surface area contributed by atoms with Crippen LogP contribution >= 0.6 is 11.3 Å². The molecule has 3 aromatic rings. The van der Waals surface area contributed by atoms with Crippen LogP contribution in [0.1, 0.15) is 21.5 Å². The van der Waals surface area contributed by atoms with Crippen molar-refractivity contribution in [1.29, 1.82) is 0 Å². The summed E-state index contributed by atoms with van der Waals surface area (Å²) < 4.78 is 1.90. The van der Waals surface area contributed by atoms with Crippen molar-refractivity contribution in [2.24, 2.45) is 0 Å².